The number of Topliss-reactive ketones (excluding diaryl/α,β-unsaturated/α-hetero) is 1. The first-order valence-corrected chi connectivity index (χ1v) is 5.39. The summed E-state index contributed by atoms with van der Waals surface area (Å²) < 4.78 is 12.8. The molecule has 82 valence electrons. The van der Waals surface area contributed by atoms with Crippen molar-refractivity contribution in [2.75, 3.05) is 0 Å². The molecular formula is C12H14ClFO. The molecule has 1 aromatic rings. The molecule has 0 aliphatic carbocycles. The Morgan fingerprint density at radius 3 is 2.73 bits per heavy atom. The molecule has 0 saturated heterocycles. The van der Waals surface area contributed by atoms with Crippen LogP contribution in [0.25, 0.3) is 0 Å². The minimum Gasteiger partial charge on any atom is -0.299 e. The fraction of sp³-hybridized carbons (Fsp3) is 0.417. The van der Waals surface area contributed by atoms with Gasteiger partial charge < -0.3 is 0 Å². The Balaban J connectivity index is 2.76. The van der Waals surface area contributed by atoms with Crippen molar-refractivity contribution >= 4 is 17.4 Å². The number of hydrogen-bond donors (Lipinski definition) is 0. The smallest absolute Gasteiger partial charge is 0.135 e. The second-order valence-corrected chi connectivity index (χ2v) is 4.07. The van der Waals surface area contributed by atoms with Crippen LogP contribution in [0.5, 0.6) is 0 Å². The molecule has 0 aromatic heterocycles. The van der Waals surface area contributed by atoms with Gasteiger partial charge in [0, 0.05) is 17.4 Å². The van der Waals surface area contributed by atoms with E-state index in [0.29, 0.717) is 17.9 Å². The first-order valence-electron chi connectivity index (χ1n) is 5.01. The maximum Gasteiger partial charge on any atom is 0.135 e. The molecule has 15 heavy (non-hydrogen) atoms. The Morgan fingerprint density at radius 1 is 1.53 bits per heavy atom. The third-order valence-electron chi connectivity index (χ3n) is 2.44. The number of carbonyl (C=O) groups is 1. The quantitative estimate of drug-likeness (QED) is 0.769. The molecular weight excluding hydrogens is 215 g/mol. The normalized spacial score (nSPS) is 12.5. The van der Waals surface area contributed by atoms with Crippen LogP contribution in [0.15, 0.2) is 18.2 Å². The van der Waals surface area contributed by atoms with Crippen molar-refractivity contribution in [3.05, 3.63) is 34.6 Å². The Kier molecular flexibility index (Phi) is 4.28. The summed E-state index contributed by atoms with van der Waals surface area (Å²) in [6.07, 6.45) is 1.10. The fourth-order valence-corrected chi connectivity index (χ4v) is 1.72. The Morgan fingerprint density at radius 2 is 2.20 bits per heavy atom. The van der Waals surface area contributed by atoms with Crippen molar-refractivity contribution in [3.8, 4) is 0 Å². The van der Waals surface area contributed by atoms with Gasteiger partial charge in [-0.3, -0.25) is 4.79 Å². The van der Waals surface area contributed by atoms with E-state index in [1.165, 1.54) is 12.1 Å². The van der Waals surface area contributed by atoms with Gasteiger partial charge in [-0.25, -0.2) is 4.39 Å². The van der Waals surface area contributed by atoms with E-state index in [-0.39, 0.29) is 17.5 Å². The van der Waals surface area contributed by atoms with Crippen LogP contribution >= 0.6 is 11.6 Å². The summed E-state index contributed by atoms with van der Waals surface area (Å²) in [4.78, 5) is 11.4. The Hall–Kier alpha value is -0.890. The number of ketones is 1. The fourth-order valence-electron chi connectivity index (χ4n) is 1.48. The van der Waals surface area contributed by atoms with Crippen molar-refractivity contribution in [1.29, 1.82) is 0 Å². The lowest BCUT2D eigenvalue weighted by Gasteiger charge is -2.10. The van der Waals surface area contributed by atoms with E-state index < -0.39 is 0 Å². The van der Waals surface area contributed by atoms with Crippen molar-refractivity contribution < 1.29 is 9.18 Å². The molecule has 1 nitrogen and oxygen atoms in total. The molecule has 1 atom stereocenters. The van der Waals surface area contributed by atoms with Crippen molar-refractivity contribution in [2.24, 2.45) is 5.92 Å². The molecule has 0 N–H and O–H groups in total. The molecule has 0 saturated carbocycles. The third kappa shape index (κ3) is 3.31. The molecule has 0 aliphatic rings. The van der Waals surface area contributed by atoms with Gasteiger partial charge in [-0.1, -0.05) is 31.5 Å². The molecule has 0 radical (unpaired) electrons. The summed E-state index contributed by atoms with van der Waals surface area (Å²) in [5.41, 5.74) is 0.826. The van der Waals surface area contributed by atoms with Gasteiger partial charge in [0.15, 0.2) is 0 Å². The molecule has 0 aliphatic heterocycles. The third-order valence-corrected chi connectivity index (χ3v) is 2.79. The van der Waals surface area contributed by atoms with E-state index in [1.54, 1.807) is 6.07 Å². The molecule has 1 aromatic carbocycles. The zero-order chi connectivity index (χ0) is 11.4. The van der Waals surface area contributed by atoms with Gasteiger partial charge in [-0.15, -0.1) is 0 Å². The molecule has 1 unspecified atom stereocenters. The minimum atomic E-state index is -0.349. The maximum atomic E-state index is 12.8. The highest BCUT2D eigenvalue weighted by atomic mass is 35.5. The number of rotatable bonds is 4. The van der Waals surface area contributed by atoms with Crippen molar-refractivity contribution in [1.82, 2.24) is 0 Å². The standard InChI is InChI=1S/C12H14ClFO/c1-3-12(15)8(2)6-9-4-5-10(14)7-11(9)13/h4-5,7-8H,3,6H2,1-2H3. The van der Waals surface area contributed by atoms with Crippen molar-refractivity contribution in [2.45, 2.75) is 26.7 Å². The highest BCUT2D eigenvalue weighted by Crippen LogP contribution is 2.21. The number of carbonyl (C=O) groups excluding carboxylic acids is 1. The zero-order valence-corrected chi connectivity index (χ0v) is 9.64. The van der Waals surface area contributed by atoms with Crippen LogP contribution in [0.4, 0.5) is 4.39 Å². The van der Waals surface area contributed by atoms with Gasteiger partial charge in [0.2, 0.25) is 0 Å². The molecule has 0 amide bonds. The van der Waals surface area contributed by atoms with Crippen LogP contribution in [0.3, 0.4) is 0 Å². The molecule has 0 heterocycles. The first-order chi connectivity index (χ1) is 7.04. The summed E-state index contributed by atoms with van der Waals surface area (Å²) in [6, 6.07) is 4.28. The van der Waals surface area contributed by atoms with E-state index >= 15 is 0 Å². The van der Waals surface area contributed by atoms with Crippen LogP contribution in [0.1, 0.15) is 25.8 Å². The monoisotopic (exact) mass is 228 g/mol. The number of halogens is 2. The average Bonchev–Trinajstić information content (AvgIpc) is 2.20. The minimum absolute atomic E-state index is 0.0574. The summed E-state index contributed by atoms with van der Waals surface area (Å²) >= 11 is 5.87. The summed E-state index contributed by atoms with van der Waals surface area (Å²) in [6.45, 7) is 3.70. The van der Waals surface area contributed by atoms with Gasteiger partial charge in [0.1, 0.15) is 11.6 Å². The van der Waals surface area contributed by atoms with E-state index in [1.807, 2.05) is 13.8 Å². The lowest BCUT2D eigenvalue weighted by Crippen LogP contribution is -2.12. The Labute approximate surface area is 94.3 Å². The molecule has 3 heteroatoms. The van der Waals surface area contributed by atoms with E-state index in [9.17, 15) is 9.18 Å². The molecule has 1 rings (SSSR count). The first kappa shape index (κ1) is 12.2. The van der Waals surface area contributed by atoms with Crippen LogP contribution < -0.4 is 0 Å². The zero-order valence-electron chi connectivity index (χ0n) is 8.89. The highest BCUT2D eigenvalue weighted by molar-refractivity contribution is 6.31. The van der Waals surface area contributed by atoms with Crippen LogP contribution in [-0.2, 0) is 11.2 Å². The summed E-state index contributed by atoms with van der Waals surface area (Å²) in [5, 5.41) is 0.394. The van der Waals surface area contributed by atoms with E-state index in [4.69, 9.17) is 11.6 Å². The van der Waals surface area contributed by atoms with Crippen LogP contribution in [0.2, 0.25) is 5.02 Å². The van der Waals surface area contributed by atoms with E-state index in [0.717, 1.165) is 5.56 Å². The van der Waals surface area contributed by atoms with E-state index in [2.05, 4.69) is 0 Å². The van der Waals surface area contributed by atoms with Gasteiger partial charge >= 0.3 is 0 Å². The maximum absolute atomic E-state index is 12.8. The predicted octanol–water partition coefficient (Wildman–Crippen LogP) is 3.64. The lowest BCUT2D eigenvalue weighted by molar-refractivity contribution is -0.122. The molecule has 0 fully saturated rings. The second kappa shape index (κ2) is 5.26. The van der Waals surface area contributed by atoms with Gasteiger partial charge in [-0.2, -0.15) is 0 Å². The SMILES string of the molecule is CCC(=O)C(C)Cc1ccc(F)cc1Cl. The largest absolute Gasteiger partial charge is 0.299 e. The van der Waals surface area contributed by atoms with Gasteiger partial charge in [0.05, 0.1) is 0 Å². The Bertz CT molecular complexity index is 363. The van der Waals surface area contributed by atoms with Crippen LogP contribution in [-0.4, -0.2) is 5.78 Å². The average molecular weight is 229 g/mol. The van der Waals surface area contributed by atoms with Crippen LogP contribution in [0, 0.1) is 11.7 Å². The predicted molar refractivity (Wildman–Crippen MR) is 59.6 cm³/mol. The number of hydrogen-bond acceptors (Lipinski definition) is 1. The number of benzene rings is 1. The summed E-state index contributed by atoms with van der Waals surface area (Å²) in [7, 11) is 0. The molecule has 0 bridgehead atoms. The lowest BCUT2D eigenvalue weighted by atomic mass is 9.96. The topological polar surface area (TPSA) is 17.1 Å². The highest BCUT2D eigenvalue weighted by Gasteiger charge is 2.13. The molecule has 0 spiro atoms. The van der Waals surface area contributed by atoms with Crippen molar-refractivity contribution in [3.63, 3.8) is 0 Å². The van der Waals surface area contributed by atoms with Gasteiger partial charge in [-0.05, 0) is 24.1 Å². The van der Waals surface area contributed by atoms with Gasteiger partial charge in [0.25, 0.3) is 0 Å². The summed E-state index contributed by atoms with van der Waals surface area (Å²) in [5.74, 6) is -0.202. The second-order valence-electron chi connectivity index (χ2n) is 3.66.